The summed E-state index contributed by atoms with van der Waals surface area (Å²) in [5.41, 5.74) is 0.146. The number of aliphatic hydroxyl groups is 1. The summed E-state index contributed by atoms with van der Waals surface area (Å²) in [4.78, 5) is 15.1. The van der Waals surface area contributed by atoms with Crippen LogP contribution in [0.25, 0.3) is 0 Å². The highest BCUT2D eigenvalue weighted by Gasteiger charge is 2.09. The largest absolute Gasteiger partial charge is 0.512 e. The Kier molecular flexibility index (Phi) is 4.00. The molecule has 1 aromatic heterocycles. The van der Waals surface area contributed by atoms with Gasteiger partial charge in [0.25, 0.3) is 0 Å². The third kappa shape index (κ3) is 2.79. The zero-order valence-electron chi connectivity index (χ0n) is 9.11. The lowest BCUT2D eigenvalue weighted by molar-refractivity contribution is -0.113. The minimum absolute atomic E-state index is 0.0763. The molecule has 16 heavy (non-hydrogen) atoms. The molecule has 0 aliphatic rings. The van der Waals surface area contributed by atoms with Crippen molar-refractivity contribution >= 4 is 33.7 Å². The zero-order valence-corrected chi connectivity index (χ0v) is 10.7. The molecule has 0 amide bonds. The van der Waals surface area contributed by atoms with Crippen molar-refractivity contribution in [2.75, 3.05) is 0 Å². The third-order valence-corrected chi connectivity index (χ3v) is 2.77. The van der Waals surface area contributed by atoms with Crippen molar-refractivity contribution in [1.29, 1.82) is 0 Å². The predicted octanol–water partition coefficient (Wildman–Crippen LogP) is 2.87. The molecule has 0 atom stereocenters. The monoisotopic (exact) mass is 286 g/mol. The molecule has 0 aromatic carbocycles. The van der Waals surface area contributed by atoms with Crippen LogP contribution in [-0.2, 0) is 4.79 Å². The van der Waals surface area contributed by atoms with Crippen molar-refractivity contribution in [3.8, 4) is 0 Å². The van der Waals surface area contributed by atoms with E-state index in [2.05, 4.69) is 26.1 Å². The fourth-order valence-electron chi connectivity index (χ4n) is 0.994. The van der Waals surface area contributed by atoms with Crippen molar-refractivity contribution in [2.24, 2.45) is 4.99 Å². The number of halogens is 1. The number of rotatable bonds is 3. The van der Waals surface area contributed by atoms with Crippen LogP contribution in [0.2, 0.25) is 0 Å². The van der Waals surface area contributed by atoms with Crippen molar-refractivity contribution in [3.63, 3.8) is 0 Å². The van der Waals surface area contributed by atoms with E-state index >= 15 is 0 Å². The Morgan fingerprint density at radius 3 is 2.56 bits per heavy atom. The molecule has 0 aliphatic heterocycles. The van der Waals surface area contributed by atoms with Gasteiger partial charge in [0.1, 0.15) is 16.0 Å². The van der Waals surface area contributed by atoms with Crippen molar-refractivity contribution in [1.82, 2.24) is 5.16 Å². The lowest BCUT2D eigenvalue weighted by atomic mass is 10.2. The molecule has 0 radical (unpaired) electrons. The van der Waals surface area contributed by atoms with Crippen LogP contribution in [0.4, 0.5) is 5.82 Å². The Morgan fingerprint density at radius 2 is 2.19 bits per heavy atom. The molecule has 6 heteroatoms. The number of nitrogens with zero attached hydrogens (tertiary/aromatic N) is 2. The van der Waals surface area contributed by atoms with Crippen molar-refractivity contribution in [2.45, 2.75) is 20.8 Å². The Morgan fingerprint density at radius 1 is 1.56 bits per heavy atom. The number of carbonyl (C=O) groups is 1. The highest BCUT2D eigenvalue weighted by atomic mass is 79.9. The number of hydrogen-bond acceptors (Lipinski definition) is 5. The Bertz CT molecular complexity index is 470. The van der Waals surface area contributed by atoms with Crippen LogP contribution in [0.5, 0.6) is 0 Å². The summed E-state index contributed by atoms with van der Waals surface area (Å²) in [7, 11) is 0. The zero-order chi connectivity index (χ0) is 12.3. The maximum atomic E-state index is 11.1. The van der Waals surface area contributed by atoms with Gasteiger partial charge in [-0.25, -0.2) is 4.99 Å². The number of Topliss-reactive ketones (excluding diaryl/α,β-unsaturated/α-hetero) is 1. The summed E-state index contributed by atoms with van der Waals surface area (Å²) < 4.78 is 5.50. The highest BCUT2D eigenvalue weighted by Crippen LogP contribution is 2.27. The van der Waals surface area contributed by atoms with Gasteiger partial charge in [-0.3, -0.25) is 4.79 Å². The van der Waals surface area contributed by atoms with Gasteiger partial charge < -0.3 is 9.63 Å². The molecule has 1 N–H and O–H groups in total. The predicted molar refractivity (Wildman–Crippen MR) is 63.1 cm³/mol. The average Bonchev–Trinajstić information content (AvgIpc) is 2.48. The number of allylic oxidation sites excluding steroid dienone is 2. The van der Waals surface area contributed by atoms with E-state index in [9.17, 15) is 9.90 Å². The maximum absolute atomic E-state index is 11.1. The van der Waals surface area contributed by atoms with Gasteiger partial charge in [-0.2, -0.15) is 0 Å². The number of aryl methyl sites for hydroxylation is 1. The van der Waals surface area contributed by atoms with Gasteiger partial charge in [0, 0.05) is 6.21 Å². The van der Waals surface area contributed by atoms with Gasteiger partial charge in [0.15, 0.2) is 5.78 Å². The molecular weight excluding hydrogens is 276 g/mol. The molecule has 5 nitrogen and oxygen atoms in total. The first-order valence-electron chi connectivity index (χ1n) is 4.50. The van der Waals surface area contributed by atoms with Crippen LogP contribution in [0.3, 0.4) is 0 Å². The second-order valence-corrected chi connectivity index (χ2v) is 3.98. The molecule has 0 aliphatic carbocycles. The first-order chi connectivity index (χ1) is 7.43. The average molecular weight is 287 g/mol. The molecule has 1 heterocycles. The van der Waals surface area contributed by atoms with E-state index in [4.69, 9.17) is 4.52 Å². The van der Waals surface area contributed by atoms with Crippen LogP contribution in [0.1, 0.15) is 19.6 Å². The van der Waals surface area contributed by atoms with E-state index in [1.54, 1.807) is 6.92 Å². The molecule has 0 unspecified atom stereocenters. The van der Waals surface area contributed by atoms with Crippen molar-refractivity contribution in [3.05, 3.63) is 21.6 Å². The summed E-state index contributed by atoms with van der Waals surface area (Å²) in [6.45, 7) is 4.51. The molecule has 0 saturated carbocycles. The number of aromatic nitrogens is 1. The first kappa shape index (κ1) is 12.6. The standard InChI is InChI=1S/C10H11BrN2O3/c1-5(14)8(6(2)15)4-12-10-9(11)7(3)16-13-10/h4,14H,1-3H3/b8-5+,12-4?. The van der Waals surface area contributed by atoms with E-state index in [-0.39, 0.29) is 17.1 Å². The number of ketones is 1. The minimum Gasteiger partial charge on any atom is -0.512 e. The Hall–Kier alpha value is -1.43. The van der Waals surface area contributed by atoms with Crippen LogP contribution in [0.15, 0.2) is 25.3 Å². The maximum Gasteiger partial charge on any atom is 0.209 e. The van der Waals surface area contributed by atoms with Gasteiger partial charge >= 0.3 is 0 Å². The van der Waals surface area contributed by atoms with Crippen LogP contribution >= 0.6 is 15.9 Å². The summed E-state index contributed by atoms with van der Waals surface area (Å²) in [6, 6.07) is 0. The molecule has 0 spiro atoms. The smallest absolute Gasteiger partial charge is 0.209 e. The number of hydrogen-bond donors (Lipinski definition) is 1. The molecule has 86 valence electrons. The van der Waals surface area contributed by atoms with Crippen molar-refractivity contribution < 1.29 is 14.4 Å². The second kappa shape index (κ2) is 5.07. The molecular formula is C10H11BrN2O3. The van der Waals surface area contributed by atoms with Gasteiger partial charge in [-0.05, 0) is 36.7 Å². The summed E-state index contributed by atoms with van der Waals surface area (Å²) in [6.07, 6.45) is 1.26. The van der Waals surface area contributed by atoms with Gasteiger partial charge in [0.2, 0.25) is 5.82 Å². The summed E-state index contributed by atoms with van der Waals surface area (Å²) >= 11 is 3.24. The molecule has 0 bridgehead atoms. The summed E-state index contributed by atoms with van der Waals surface area (Å²) in [5.74, 6) is 0.589. The fraction of sp³-hybridized carbons (Fsp3) is 0.300. The second-order valence-electron chi connectivity index (χ2n) is 3.19. The normalized spacial score (nSPS) is 13.0. The number of carbonyl (C=O) groups excluding carboxylic acids is 1. The van der Waals surface area contributed by atoms with Gasteiger partial charge in [-0.15, -0.1) is 0 Å². The SMILES string of the molecule is CC(=O)/C(C=Nc1noc(C)c1Br)=C(\C)O. The quantitative estimate of drug-likeness (QED) is 0.527. The van der Waals surface area contributed by atoms with E-state index in [1.165, 1.54) is 20.1 Å². The van der Waals surface area contributed by atoms with Crippen LogP contribution in [0, 0.1) is 6.92 Å². The molecule has 0 saturated heterocycles. The highest BCUT2D eigenvalue weighted by molar-refractivity contribution is 9.10. The Labute approximate surface area is 101 Å². The molecule has 1 aromatic rings. The van der Waals surface area contributed by atoms with E-state index in [0.29, 0.717) is 16.1 Å². The van der Waals surface area contributed by atoms with Gasteiger partial charge in [-0.1, -0.05) is 5.16 Å². The van der Waals surface area contributed by atoms with E-state index in [1.807, 2.05) is 0 Å². The third-order valence-electron chi connectivity index (χ3n) is 1.86. The number of aliphatic imine (C=N–C) groups is 1. The first-order valence-corrected chi connectivity index (χ1v) is 5.29. The van der Waals surface area contributed by atoms with Crippen LogP contribution < -0.4 is 0 Å². The lowest BCUT2D eigenvalue weighted by Crippen LogP contribution is -2.01. The number of aliphatic hydroxyl groups excluding tert-OH is 1. The fourth-order valence-corrected chi connectivity index (χ4v) is 1.24. The van der Waals surface area contributed by atoms with E-state index in [0.717, 1.165) is 0 Å². The minimum atomic E-state index is -0.264. The Balaban J connectivity index is 3.01. The topological polar surface area (TPSA) is 75.7 Å². The molecule has 1 rings (SSSR count). The van der Waals surface area contributed by atoms with Crippen LogP contribution in [-0.4, -0.2) is 22.3 Å². The van der Waals surface area contributed by atoms with Gasteiger partial charge in [0.05, 0.1) is 5.57 Å². The lowest BCUT2D eigenvalue weighted by Gasteiger charge is -1.96. The van der Waals surface area contributed by atoms with E-state index < -0.39 is 0 Å². The molecule has 0 fully saturated rings. The summed E-state index contributed by atoms with van der Waals surface area (Å²) in [5, 5.41) is 12.9.